The van der Waals surface area contributed by atoms with Gasteiger partial charge in [0.25, 0.3) is 11.8 Å². The fraction of sp³-hybridized carbons (Fsp3) is 0.267. The van der Waals surface area contributed by atoms with E-state index in [1.54, 1.807) is 12.1 Å². The van der Waals surface area contributed by atoms with Crippen LogP contribution in [0.1, 0.15) is 62.4 Å². The lowest BCUT2D eigenvalue weighted by Crippen LogP contribution is -2.58. The van der Waals surface area contributed by atoms with Crippen LogP contribution < -0.4 is 26.9 Å². The van der Waals surface area contributed by atoms with E-state index in [-0.39, 0.29) is 29.9 Å². The van der Waals surface area contributed by atoms with Crippen LogP contribution >= 0.6 is 0 Å². The minimum absolute atomic E-state index is 0.0252. The number of carboxylic acids is 1. The number of carbonyl (C=O) groups excluding carboxylic acids is 3. The molecule has 2 aliphatic heterocycles. The highest BCUT2D eigenvalue weighted by Crippen LogP contribution is 2.31. The lowest BCUT2D eigenvalue weighted by molar-refractivity contribution is -0.138. The van der Waals surface area contributed by atoms with Crippen LogP contribution in [0.2, 0.25) is 0 Å². The van der Waals surface area contributed by atoms with Crippen molar-refractivity contribution in [3.8, 4) is 0 Å². The van der Waals surface area contributed by atoms with E-state index in [2.05, 4.69) is 16.0 Å². The predicted molar refractivity (Wildman–Crippen MR) is 160 cm³/mol. The van der Waals surface area contributed by atoms with Crippen molar-refractivity contribution in [3.63, 3.8) is 0 Å². The summed E-state index contributed by atoms with van der Waals surface area (Å²) in [5.41, 5.74) is 0.967. The summed E-state index contributed by atoms with van der Waals surface area (Å²) in [7, 11) is -2.50. The maximum atomic E-state index is 13.8. The van der Waals surface area contributed by atoms with Crippen LogP contribution in [0.4, 0.5) is 13.2 Å². The van der Waals surface area contributed by atoms with Crippen molar-refractivity contribution in [2.75, 3.05) is 0 Å². The molecule has 0 aliphatic carbocycles. The van der Waals surface area contributed by atoms with Gasteiger partial charge >= 0.3 is 26.4 Å². The second kappa shape index (κ2) is 13.6. The number of carbonyl (C=O) groups is 4. The fourth-order valence-corrected chi connectivity index (χ4v) is 5.35. The summed E-state index contributed by atoms with van der Waals surface area (Å²) in [4.78, 5) is 52.0. The molecular formula is C30H28B2F3N3O9. The summed E-state index contributed by atoms with van der Waals surface area (Å²) in [5.74, 6) is -3.92. The third kappa shape index (κ3) is 7.65. The number of fused-ring (bicyclic) bond motifs is 2. The highest BCUT2D eigenvalue weighted by atomic mass is 19.4. The van der Waals surface area contributed by atoms with E-state index in [0.717, 1.165) is 18.2 Å². The minimum atomic E-state index is -4.74. The Morgan fingerprint density at radius 3 is 1.91 bits per heavy atom. The van der Waals surface area contributed by atoms with Gasteiger partial charge in [0, 0.05) is 11.1 Å². The summed E-state index contributed by atoms with van der Waals surface area (Å²) in [6, 6.07) is 8.47. The van der Waals surface area contributed by atoms with E-state index in [1.165, 1.54) is 37.3 Å². The Bertz CT molecular complexity index is 1730. The molecule has 12 nitrogen and oxygen atoms in total. The molecule has 5 rings (SSSR count). The van der Waals surface area contributed by atoms with E-state index in [4.69, 9.17) is 9.31 Å². The molecule has 0 saturated carbocycles. The van der Waals surface area contributed by atoms with Gasteiger partial charge in [-0.1, -0.05) is 24.3 Å². The molecule has 3 unspecified atom stereocenters. The first kappa shape index (κ1) is 33.7. The average molecular weight is 653 g/mol. The third-order valence-electron chi connectivity index (χ3n) is 7.88. The standard InChI is InChI=1S/C30H28B2F3N3O9/c1-15(36-27(41)17-5-7-19-13-46-31(44)22(19)10-17)26(38-28(42)18-6-8-20-14-47-32(45)23(20)11-18)29(43)37-24(12-25(39)40)16-3-2-4-21(9-16)30(33,34)35/h2-11,15,24,26,44-45H,12-14H2,1H3,(H,36,41)(H,37,43)(H,38,42)(H,39,40). The molecule has 3 aromatic carbocycles. The van der Waals surface area contributed by atoms with Crippen molar-refractivity contribution < 1.29 is 56.8 Å². The van der Waals surface area contributed by atoms with Gasteiger partial charge in [-0.15, -0.1) is 0 Å². The minimum Gasteiger partial charge on any atom is -0.481 e. The quantitative estimate of drug-likeness (QED) is 0.169. The van der Waals surface area contributed by atoms with E-state index in [1.807, 2.05) is 0 Å². The Morgan fingerprint density at radius 1 is 0.830 bits per heavy atom. The molecule has 244 valence electrons. The largest absolute Gasteiger partial charge is 0.491 e. The second-order valence-corrected chi connectivity index (χ2v) is 11.1. The monoisotopic (exact) mass is 653 g/mol. The van der Waals surface area contributed by atoms with Gasteiger partial charge in [-0.05, 0) is 70.9 Å². The zero-order valence-electron chi connectivity index (χ0n) is 24.7. The fourth-order valence-electron chi connectivity index (χ4n) is 5.35. The van der Waals surface area contributed by atoms with E-state index in [9.17, 15) is 47.5 Å². The number of carboxylic acid groups (broad SMARTS) is 1. The number of halogens is 3. The number of rotatable bonds is 10. The first-order valence-corrected chi connectivity index (χ1v) is 14.4. The van der Waals surface area contributed by atoms with Gasteiger partial charge in [0.2, 0.25) is 5.91 Å². The molecule has 17 heteroatoms. The van der Waals surface area contributed by atoms with E-state index >= 15 is 0 Å². The molecule has 0 radical (unpaired) electrons. The van der Waals surface area contributed by atoms with Crippen LogP contribution in [0.3, 0.4) is 0 Å². The lowest BCUT2D eigenvalue weighted by atomic mass is 9.78. The SMILES string of the molecule is CC(NC(=O)c1ccc2c(c1)B(O)OC2)C(NC(=O)c1ccc2c(c1)B(O)OC2)C(=O)NC(CC(=O)O)c1cccc(C(F)(F)F)c1. The molecule has 0 aromatic heterocycles. The summed E-state index contributed by atoms with van der Waals surface area (Å²) in [5, 5.41) is 37.1. The number of hydrogen-bond acceptors (Lipinski definition) is 8. The number of aliphatic carboxylic acids is 1. The molecule has 0 bridgehead atoms. The number of hydrogen-bond donors (Lipinski definition) is 6. The molecule has 3 amide bonds. The topological polar surface area (TPSA) is 184 Å². The molecule has 0 spiro atoms. The van der Waals surface area contributed by atoms with E-state index in [0.29, 0.717) is 22.1 Å². The van der Waals surface area contributed by atoms with Gasteiger partial charge < -0.3 is 40.4 Å². The smallest absolute Gasteiger partial charge is 0.481 e. The molecule has 6 N–H and O–H groups in total. The van der Waals surface area contributed by atoms with Crippen LogP contribution in [-0.2, 0) is 38.3 Å². The van der Waals surface area contributed by atoms with Crippen LogP contribution in [0, 0.1) is 0 Å². The highest BCUT2D eigenvalue weighted by Gasteiger charge is 2.35. The van der Waals surface area contributed by atoms with Crippen molar-refractivity contribution in [2.24, 2.45) is 0 Å². The maximum absolute atomic E-state index is 13.8. The maximum Gasteiger partial charge on any atom is 0.491 e. The zero-order valence-corrected chi connectivity index (χ0v) is 24.7. The van der Waals surface area contributed by atoms with Crippen molar-refractivity contribution in [2.45, 2.75) is 50.9 Å². The van der Waals surface area contributed by atoms with Gasteiger partial charge in [-0.25, -0.2) is 0 Å². The van der Waals surface area contributed by atoms with Gasteiger partial charge in [-0.3, -0.25) is 19.2 Å². The Balaban J connectivity index is 1.42. The molecule has 3 aromatic rings. The summed E-state index contributed by atoms with van der Waals surface area (Å²) in [6.45, 7) is 1.67. The van der Waals surface area contributed by atoms with Crippen LogP contribution in [-0.4, -0.2) is 65.2 Å². The Kier molecular flexibility index (Phi) is 9.72. The number of alkyl halides is 3. The molecule has 2 heterocycles. The lowest BCUT2D eigenvalue weighted by Gasteiger charge is -2.28. The zero-order chi connectivity index (χ0) is 34.0. The van der Waals surface area contributed by atoms with Crippen LogP contribution in [0.5, 0.6) is 0 Å². The molecule has 3 atom stereocenters. The van der Waals surface area contributed by atoms with Crippen molar-refractivity contribution >= 4 is 48.9 Å². The number of nitrogens with one attached hydrogen (secondary N) is 3. The molecule has 2 aliphatic rings. The first-order chi connectivity index (χ1) is 22.2. The molecule has 47 heavy (non-hydrogen) atoms. The van der Waals surface area contributed by atoms with Crippen LogP contribution in [0.25, 0.3) is 0 Å². The van der Waals surface area contributed by atoms with Gasteiger partial charge in [0.1, 0.15) is 6.04 Å². The molecule has 0 saturated heterocycles. The summed E-state index contributed by atoms with van der Waals surface area (Å²) >= 11 is 0. The van der Waals surface area contributed by atoms with Crippen molar-refractivity contribution in [1.29, 1.82) is 0 Å². The number of amides is 3. The normalized spacial score (nSPS) is 15.7. The molecule has 0 fully saturated rings. The second-order valence-electron chi connectivity index (χ2n) is 11.1. The van der Waals surface area contributed by atoms with E-state index < -0.39 is 74.2 Å². The Labute approximate surface area is 266 Å². The average Bonchev–Trinajstić information content (AvgIpc) is 3.59. The first-order valence-electron chi connectivity index (χ1n) is 14.4. The molecular weight excluding hydrogens is 625 g/mol. The van der Waals surface area contributed by atoms with Crippen molar-refractivity contribution in [1.82, 2.24) is 16.0 Å². The van der Waals surface area contributed by atoms with Crippen LogP contribution in [0.15, 0.2) is 60.7 Å². The van der Waals surface area contributed by atoms with Gasteiger partial charge in [0.05, 0.1) is 37.3 Å². The Hall–Kier alpha value is -4.70. The highest BCUT2D eigenvalue weighted by molar-refractivity contribution is 6.62. The third-order valence-corrected chi connectivity index (χ3v) is 7.88. The Morgan fingerprint density at radius 2 is 1.38 bits per heavy atom. The number of benzene rings is 3. The van der Waals surface area contributed by atoms with Gasteiger partial charge in [-0.2, -0.15) is 13.2 Å². The van der Waals surface area contributed by atoms with Gasteiger partial charge in [0.15, 0.2) is 0 Å². The summed E-state index contributed by atoms with van der Waals surface area (Å²) < 4.78 is 50.6. The van der Waals surface area contributed by atoms with Crippen molar-refractivity contribution in [3.05, 3.63) is 94.0 Å². The summed E-state index contributed by atoms with van der Waals surface area (Å²) in [6.07, 6.45) is -5.53. The predicted octanol–water partition coefficient (Wildman–Crippen LogP) is 0.390.